The minimum atomic E-state index is -0.193. The molecule has 2 fully saturated rings. The van der Waals surface area contributed by atoms with Gasteiger partial charge in [0.1, 0.15) is 0 Å². The Morgan fingerprint density at radius 3 is 2.60 bits per heavy atom. The zero-order valence-electron chi connectivity index (χ0n) is 12.5. The number of amides is 1. The highest BCUT2D eigenvalue weighted by molar-refractivity contribution is 5.81. The molecule has 0 aromatic rings. The Balaban J connectivity index is 1.76. The van der Waals surface area contributed by atoms with Crippen LogP contribution in [-0.4, -0.2) is 36.6 Å². The molecule has 2 aliphatic carbocycles. The van der Waals surface area contributed by atoms with Crippen molar-refractivity contribution in [1.82, 2.24) is 10.6 Å². The quantitative estimate of drug-likeness (QED) is 0.722. The SMILES string of the molecule is CCOC(=O)C1CCCC(NC(C)C(=O)NC2CC2)C1. The summed E-state index contributed by atoms with van der Waals surface area (Å²) in [5.41, 5.74) is 0. The number of nitrogens with one attached hydrogen (secondary N) is 2. The van der Waals surface area contributed by atoms with Gasteiger partial charge in [-0.05, 0) is 46.0 Å². The van der Waals surface area contributed by atoms with E-state index in [1.165, 1.54) is 0 Å². The van der Waals surface area contributed by atoms with Gasteiger partial charge in [0, 0.05) is 12.1 Å². The van der Waals surface area contributed by atoms with Gasteiger partial charge in [-0.1, -0.05) is 6.42 Å². The van der Waals surface area contributed by atoms with E-state index in [2.05, 4.69) is 10.6 Å². The van der Waals surface area contributed by atoms with Crippen molar-refractivity contribution >= 4 is 11.9 Å². The summed E-state index contributed by atoms with van der Waals surface area (Å²) < 4.78 is 5.10. The lowest BCUT2D eigenvalue weighted by molar-refractivity contribution is -0.149. The summed E-state index contributed by atoms with van der Waals surface area (Å²) in [4.78, 5) is 23.7. The van der Waals surface area contributed by atoms with Gasteiger partial charge in [0.25, 0.3) is 0 Å². The van der Waals surface area contributed by atoms with Crippen molar-refractivity contribution in [3.05, 3.63) is 0 Å². The van der Waals surface area contributed by atoms with E-state index in [-0.39, 0.29) is 29.9 Å². The van der Waals surface area contributed by atoms with Gasteiger partial charge >= 0.3 is 5.97 Å². The van der Waals surface area contributed by atoms with Crippen LogP contribution in [0.2, 0.25) is 0 Å². The van der Waals surface area contributed by atoms with E-state index < -0.39 is 0 Å². The van der Waals surface area contributed by atoms with Crippen molar-refractivity contribution in [2.75, 3.05) is 6.61 Å². The summed E-state index contributed by atoms with van der Waals surface area (Å²) in [6.07, 6.45) is 5.92. The second kappa shape index (κ2) is 7.07. The summed E-state index contributed by atoms with van der Waals surface area (Å²) in [6.45, 7) is 4.17. The van der Waals surface area contributed by atoms with Gasteiger partial charge in [-0.25, -0.2) is 0 Å². The molecule has 5 nitrogen and oxygen atoms in total. The topological polar surface area (TPSA) is 67.4 Å². The number of esters is 1. The van der Waals surface area contributed by atoms with E-state index in [9.17, 15) is 9.59 Å². The third-order valence-electron chi connectivity index (χ3n) is 4.10. The molecule has 0 bridgehead atoms. The normalized spacial score (nSPS) is 27.7. The molecule has 114 valence electrons. The zero-order chi connectivity index (χ0) is 14.5. The maximum atomic E-state index is 11.9. The highest BCUT2D eigenvalue weighted by Gasteiger charge is 2.31. The molecule has 3 atom stereocenters. The van der Waals surface area contributed by atoms with Gasteiger partial charge in [-0.2, -0.15) is 0 Å². The van der Waals surface area contributed by atoms with Gasteiger partial charge < -0.3 is 15.4 Å². The molecule has 3 unspecified atom stereocenters. The molecule has 2 rings (SSSR count). The maximum Gasteiger partial charge on any atom is 0.308 e. The van der Waals surface area contributed by atoms with Crippen molar-refractivity contribution in [3.8, 4) is 0 Å². The Bertz CT molecular complexity index is 355. The van der Waals surface area contributed by atoms with Gasteiger partial charge in [-0.15, -0.1) is 0 Å². The highest BCUT2D eigenvalue weighted by Crippen LogP contribution is 2.26. The summed E-state index contributed by atoms with van der Waals surface area (Å²) >= 11 is 0. The van der Waals surface area contributed by atoms with E-state index in [0.717, 1.165) is 38.5 Å². The number of rotatable bonds is 6. The zero-order valence-corrected chi connectivity index (χ0v) is 12.5. The van der Waals surface area contributed by atoms with Crippen molar-refractivity contribution in [1.29, 1.82) is 0 Å². The first-order chi connectivity index (χ1) is 9.60. The van der Waals surface area contributed by atoms with Gasteiger partial charge in [0.05, 0.1) is 18.6 Å². The van der Waals surface area contributed by atoms with Crippen LogP contribution in [-0.2, 0) is 14.3 Å². The number of hydrogen-bond donors (Lipinski definition) is 2. The monoisotopic (exact) mass is 282 g/mol. The Hall–Kier alpha value is -1.10. The first kappa shape index (κ1) is 15.3. The minimum absolute atomic E-state index is 0.0140. The molecule has 2 N–H and O–H groups in total. The van der Waals surface area contributed by atoms with Crippen LogP contribution in [0, 0.1) is 5.92 Å². The Morgan fingerprint density at radius 1 is 1.20 bits per heavy atom. The first-order valence-corrected chi connectivity index (χ1v) is 7.83. The predicted molar refractivity (Wildman–Crippen MR) is 76.1 cm³/mol. The average Bonchev–Trinajstić information content (AvgIpc) is 3.23. The maximum absolute atomic E-state index is 11.9. The third kappa shape index (κ3) is 4.47. The second-order valence-electron chi connectivity index (χ2n) is 5.98. The highest BCUT2D eigenvalue weighted by atomic mass is 16.5. The van der Waals surface area contributed by atoms with E-state index in [1.54, 1.807) is 0 Å². The van der Waals surface area contributed by atoms with Crippen LogP contribution >= 0.6 is 0 Å². The fourth-order valence-electron chi connectivity index (χ4n) is 2.80. The molecule has 2 aliphatic rings. The minimum Gasteiger partial charge on any atom is -0.466 e. The summed E-state index contributed by atoms with van der Waals surface area (Å²) in [5, 5.41) is 6.36. The smallest absolute Gasteiger partial charge is 0.308 e. The number of hydrogen-bond acceptors (Lipinski definition) is 4. The molecule has 0 heterocycles. The van der Waals surface area contributed by atoms with E-state index in [1.807, 2.05) is 13.8 Å². The lowest BCUT2D eigenvalue weighted by Gasteiger charge is -2.30. The van der Waals surface area contributed by atoms with Crippen LogP contribution in [0.3, 0.4) is 0 Å². The molecule has 0 spiro atoms. The third-order valence-corrected chi connectivity index (χ3v) is 4.10. The van der Waals surface area contributed by atoms with Crippen LogP contribution in [0.1, 0.15) is 52.4 Å². The number of carbonyl (C=O) groups is 2. The van der Waals surface area contributed by atoms with Crippen LogP contribution in [0.4, 0.5) is 0 Å². The standard InChI is InChI=1S/C15H26N2O3/c1-3-20-15(19)11-5-4-6-13(9-11)16-10(2)14(18)17-12-7-8-12/h10-13,16H,3-9H2,1-2H3,(H,17,18). The Labute approximate surface area is 120 Å². The largest absolute Gasteiger partial charge is 0.466 e. The summed E-state index contributed by atoms with van der Waals surface area (Å²) in [5.74, 6) is -0.0280. The van der Waals surface area contributed by atoms with E-state index in [0.29, 0.717) is 12.6 Å². The molecule has 20 heavy (non-hydrogen) atoms. The summed E-state index contributed by atoms with van der Waals surface area (Å²) in [7, 11) is 0. The molecular formula is C15H26N2O3. The van der Waals surface area contributed by atoms with Crippen LogP contribution in [0.5, 0.6) is 0 Å². The van der Waals surface area contributed by atoms with Crippen molar-refractivity contribution in [3.63, 3.8) is 0 Å². The lowest BCUT2D eigenvalue weighted by atomic mass is 9.85. The molecule has 0 aromatic heterocycles. The molecule has 0 aliphatic heterocycles. The number of ether oxygens (including phenoxy) is 1. The van der Waals surface area contributed by atoms with Crippen LogP contribution in [0.25, 0.3) is 0 Å². The van der Waals surface area contributed by atoms with E-state index in [4.69, 9.17) is 4.74 Å². The molecule has 0 saturated heterocycles. The van der Waals surface area contributed by atoms with Gasteiger partial charge in [-0.3, -0.25) is 9.59 Å². The fourth-order valence-corrected chi connectivity index (χ4v) is 2.80. The van der Waals surface area contributed by atoms with Crippen molar-refractivity contribution in [2.24, 2.45) is 5.92 Å². The Morgan fingerprint density at radius 2 is 1.95 bits per heavy atom. The lowest BCUT2D eigenvalue weighted by Crippen LogP contribution is -2.49. The van der Waals surface area contributed by atoms with Crippen molar-refractivity contribution < 1.29 is 14.3 Å². The fraction of sp³-hybridized carbons (Fsp3) is 0.867. The molecule has 5 heteroatoms. The van der Waals surface area contributed by atoms with Gasteiger partial charge in [0.15, 0.2) is 0 Å². The molecular weight excluding hydrogens is 256 g/mol. The van der Waals surface area contributed by atoms with Crippen LogP contribution < -0.4 is 10.6 Å². The first-order valence-electron chi connectivity index (χ1n) is 7.83. The summed E-state index contributed by atoms with van der Waals surface area (Å²) in [6, 6.07) is 0.435. The predicted octanol–water partition coefficient (Wildman–Crippen LogP) is 1.36. The van der Waals surface area contributed by atoms with Crippen molar-refractivity contribution in [2.45, 2.75) is 70.5 Å². The average molecular weight is 282 g/mol. The van der Waals surface area contributed by atoms with E-state index >= 15 is 0 Å². The molecule has 0 radical (unpaired) electrons. The number of carbonyl (C=O) groups excluding carboxylic acids is 2. The molecule has 1 amide bonds. The molecule has 0 aromatic carbocycles. The second-order valence-corrected chi connectivity index (χ2v) is 5.98. The molecule has 2 saturated carbocycles. The van der Waals surface area contributed by atoms with Gasteiger partial charge in [0.2, 0.25) is 5.91 Å². The van der Waals surface area contributed by atoms with Crippen LogP contribution in [0.15, 0.2) is 0 Å². The Kier molecular flexibility index (Phi) is 5.40.